The fraction of sp³-hybridized carbons (Fsp3) is 0.444. The van der Waals surface area contributed by atoms with Crippen LogP contribution in [0.15, 0.2) is 24.5 Å². The maximum absolute atomic E-state index is 5.19. The standard InChI is InChI=1S/C9H12N2O/c1-10-9(6-12-7-9)8-3-2-4-11-5-8/h2-5,10H,6-7H2,1H3. The first-order chi connectivity index (χ1) is 5.87. The minimum absolute atomic E-state index is 0.0221. The zero-order chi connectivity index (χ0) is 8.44. The molecular formula is C9H12N2O. The van der Waals surface area contributed by atoms with Crippen LogP contribution in [-0.4, -0.2) is 25.2 Å². The predicted octanol–water partition coefficient (Wildman–Crippen LogP) is 0.526. The fourth-order valence-electron chi connectivity index (χ4n) is 1.41. The summed E-state index contributed by atoms with van der Waals surface area (Å²) in [6, 6.07) is 4.03. The molecule has 0 spiro atoms. The van der Waals surface area contributed by atoms with Crippen LogP contribution in [0.1, 0.15) is 5.56 Å². The summed E-state index contributed by atoms with van der Waals surface area (Å²) < 4.78 is 5.19. The van der Waals surface area contributed by atoms with Crippen LogP contribution < -0.4 is 5.32 Å². The molecule has 1 aliphatic heterocycles. The topological polar surface area (TPSA) is 34.2 Å². The molecule has 1 N–H and O–H groups in total. The van der Waals surface area contributed by atoms with Gasteiger partial charge in [-0.3, -0.25) is 4.98 Å². The van der Waals surface area contributed by atoms with E-state index >= 15 is 0 Å². The van der Waals surface area contributed by atoms with E-state index in [1.807, 2.05) is 19.3 Å². The molecule has 1 aromatic rings. The molecule has 0 amide bonds. The highest BCUT2D eigenvalue weighted by molar-refractivity contribution is 5.23. The van der Waals surface area contributed by atoms with Crippen molar-refractivity contribution in [2.45, 2.75) is 5.54 Å². The van der Waals surface area contributed by atoms with Crippen LogP contribution in [-0.2, 0) is 10.3 Å². The number of hydrogen-bond acceptors (Lipinski definition) is 3. The van der Waals surface area contributed by atoms with Gasteiger partial charge in [0.1, 0.15) is 0 Å². The van der Waals surface area contributed by atoms with E-state index in [1.165, 1.54) is 5.56 Å². The second-order valence-electron chi connectivity index (χ2n) is 3.07. The van der Waals surface area contributed by atoms with Crippen molar-refractivity contribution >= 4 is 0 Å². The van der Waals surface area contributed by atoms with Crippen molar-refractivity contribution < 1.29 is 4.74 Å². The highest BCUT2D eigenvalue weighted by Crippen LogP contribution is 2.27. The van der Waals surface area contributed by atoms with E-state index in [0.717, 1.165) is 13.2 Å². The van der Waals surface area contributed by atoms with Gasteiger partial charge in [-0.15, -0.1) is 0 Å². The number of pyridine rings is 1. The number of likely N-dealkylation sites (N-methyl/N-ethyl adjacent to an activating group) is 1. The summed E-state index contributed by atoms with van der Waals surface area (Å²) in [4.78, 5) is 4.09. The van der Waals surface area contributed by atoms with E-state index in [0.29, 0.717) is 0 Å². The Bertz CT molecular complexity index is 251. The smallest absolute Gasteiger partial charge is 0.0921 e. The molecule has 0 atom stereocenters. The molecule has 12 heavy (non-hydrogen) atoms. The lowest BCUT2D eigenvalue weighted by atomic mass is 9.89. The first kappa shape index (κ1) is 7.71. The van der Waals surface area contributed by atoms with Gasteiger partial charge in [-0.1, -0.05) is 6.07 Å². The maximum Gasteiger partial charge on any atom is 0.0921 e. The fourth-order valence-corrected chi connectivity index (χ4v) is 1.41. The zero-order valence-corrected chi connectivity index (χ0v) is 7.08. The molecule has 1 saturated heterocycles. The number of rotatable bonds is 2. The Balaban J connectivity index is 2.28. The third kappa shape index (κ3) is 1.02. The van der Waals surface area contributed by atoms with E-state index < -0.39 is 0 Å². The monoisotopic (exact) mass is 164 g/mol. The van der Waals surface area contributed by atoms with Crippen molar-refractivity contribution in [3.05, 3.63) is 30.1 Å². The van der Waals surface area contributed by atoms with Gasteiger partial charge in [-0.25, -0.2) is 0 Å². The van der Waals surface area contributed by atoms with Crippen molar-refractivity contribution in [1.82, 2.24) is 10.3 Å². The zero-order valence-electron chi connectivity index (χ0n) is 7.08. The lowest BCUT2D eigenvalue weighted by Gasteiger charge is -2.41. The van der Waals surface area contributed by atoms with Crippen molar-refractivity contribution in [3.63, 3.8) is 0 Å². The van der Waals surface area contributed by atoms with Gasteiger partial charge in [0, 0.05) is 12.4 Å². The Labute approximate surface area is 71.8 Å². The number of aromatic nitrogens is 1. The van der Waals surface area contributed by atoms with Gasteiger partial charge in [-0.05, 0) is 18.7 Å². The summed E-state index contributed by atoms with van der Waals surface area (Å²) in [5.74, 6) is 0. The Morgan fingerprint density at radius 3 is 2.83 bits per heavy atom. The minimum atomic E-state index is 0.0221. The van der Waals surface area contributed by atoms with Crippen LogP contribution in [0.25, 0.3) is 0 Å². The molecule has 64 valence electrons. The molecular weight excluding hydrogens is 152 g/mol. The number of ether oxygens (including phenoxy) is 1. The van der Waals surface area contributed by atoms with Crippen molar-refractivity contribution in [2.75, 3.05) is 20.3 Å². The summed E-state index contributed by atoms with van der Waals surface area (Å²) in [5, 5.41) is 3.27. The number of hydrogen-bond donors (Lipinski definition) is 1. The molecule has 3 nitrogen and oxygen atoms in total. The normalized spacial score (nSPS) is 20.1. The van der Waals surface area contributed by atoms with Crippen molar-refractivity contribution in [1.29, 1.82) is 0 Å². The summed E-state index contributed by atoms with van der Waals surface area (Å²) in [6.07, 6.45) is 3.67. The molecule has 0 radical (unpaired) electrons. The van der Waals surface area contributed by atoms with E-state index in [2.05, 4.69) is 16.4 Å². The largest absolute Gasteiger partial charge is 0.377 e. The van der Waals surface area contributed by atoms with Crippen molar-refractivity contribution in [3.8, 4) is 0 Å². The molecule has 3 heteroatoms. The highest BCUT2D eigenvalue weighted by Gasteiger charge is 2.38. The SMILES string of the molecule is CNC1(c2cccnc2)COC1. The predicted molar refractivity (Wildman–Crippen MR) is 45.8 cm³/mol. The summed E-state index contributed by atoms with van der Waals surface area (Å²) >= 11 is 0. The highest BCUT2D eigenvalue weighted by atomic mass is 16.5. The Morgan fingerprint density at radius 1 is 1.58 bits per heavy atom. The average molecular weight is 164 g/mol. The van der Waals surface area contributed by atoms with Gasteiger partial charge in [0.15, 0.2) is 0 Å². The van der Waals surface area contributed by atoms with Crippen LogP contribution in [0.5, 0.6) is 0 Å². The van der Waals surface area contributed by atoms with Crippen LogP contribution in [0, 0.1) is 0 Å². The lowest BCUT2D eigenvalue weighted by Crippen LogP contribution is -2.56. The lowest BCUT2D eigenvalue weighted by molar-refractivity contribution is -0.0749. The molecule has 1 aliphatic rings. The van der Waals surface area contributed by atoms with Crippen LogP contribution in [0.4, 0.5) is 0 Å². The van der Waals surface area contributed by atoms with Gasteiger partial charge < -0.3 is 10.1 Å². The average Bonchev–Trinajstić information content (AvgIpc) is 2.05. The van der Waals surface area contributed by atoms with Gasteiger partial charge in [0.05, 0.1) is 18.8 Å². The molecule has 0 bridgehead atoms. The number of nitrogens with zero attached hydrogens (tertiary/aromatic N) is 1. The summed E-state index contributed by atoms with van der Waals surface area (Å²) in [7, 11) is 1.95. The second-order valence-corrected chi connectivity index (χ2v) is 3.07. The molecule has 0 aliphatic carbocycles. The maximum atomic E-state index is 5.19. The molecule has 2 rings (SSSR count). The second kappa shape index (κ2) is 2.84. The van der Waals surface area contributed by atoms with Crippen LogP contribution in [0.2, 0.25) is 0 Å². The molecule has 0 aromatic carbocycles. The summed E-state index contributed by atoms with van der Waals surface area (Å²) in [6.45, 7) is 1.49. The molecule has 1 aromatic heterocycles. The van der Waals surface area contributed by atoms with Gasteiger partial charge in [0.25, 0.3) is 0 Å². The third-order valence-electron chi connectivity index (χ3n) is 2.39. The van der Waals surface area contributed by atoms with Crippen LogP contribution >= 0.6 is 0 Å². The minimum Gasteiger partial charge on any atom is -0.377 e. The summed E-state index contributed by atoms with van der Waals surface area (Å²) in [5.41, 5.74) is 1.23. The molecule has 0 unspecified atom stereocenters. The molecule has 2 heterocycles. The van der Waals surface area contributed by atoms with E-state index in [-0.39, 0.29) is 5.54 Å². The van der Waals surface area contributed by atoms with Crippen molar-refractivity contribution in [2.24, 2.45) is 0 Å². The first-order valence-electron chi connectivity index (χ1n) is 4.04. The Hall–Kier alpha value is -0.930. The van der Waals surface area contributed by atoms with Gasteiger partial charge in [0.2, 0.25) is 0 Å². The van der Waals surface area contributed by atoms with E-state index in [4.69, 9.17) is 4.74 Å². The molecule has 1 fully saturated rings. The first-order valence-corrected chi connectivity index (χ1v) is 4.04. The van der Waals surface area contributed by atoms with E-state index in [9.17, 15) is 0 Å². The van der Waals surface area contributed by atoms with Crippen LogP contribution in [0.3, 0.4) is 0 Å². The van der Waals surface area contributed by atoms with Gasteiger partial charge in [-0.2, -0.15) is 0 Å². The van der Waals surface area contributed by atoms with E-state index in [1.54, 1.807) is 6.20 Å². The van der Waals surface area contributed by atoms with Gasteiger partial charge >= 0.3 is 0 Å². The number of nitrogens with one attached hydrogen (secondary N) is 1. The molecule has 0 saturated carbocycles. The third-order valence-corrected chi connectivity index (χ3v) is 2.39. The Kier molecular flexibility index (Phi) is 1.83. The Morgan fingerprint density at radius 2 is 2.42 bits per heavy atom. The quantitative estimate of drug-likeness (QED) is 0.692.